The number of ether oxygens (including phenoxy) is 1. The van der Waals surface area contributed by atoms with Gasteiger partial charge in [-0.3, -0.25) is 5.41 Å². The maximum absolute atomic E-state index is 7.33. The number of hydrogen-bond donors (Lipinski definition) is 2. The third-order valence-corrected chi connectivity index (χ3v) is 3.05. The molecule has 4 heteroatoms. The summed E-state index contributed by atoms with van der Waals surface area (Å²) in [6, 6.07) is 5.45. The summed E-state index contributed by atoms with van der Waals surface area (Å²) >= 11 is 3.42. The van der Waals surface area contributed by atoms with Gasteiger partial charge in [-0.15, -0.1) is 0 Å². The standard InChI is InChI=1S/C13H19BrN2O/c1-9(2)4-3-7-17-12-6-5-10(13(15)16)8-11(12)14/h5-6,8-9H,3-4,7H2,1-2H3,(H3,15,16). The molecule has 0 unspecified atom stereocenters. The van der Waals surface area contributed by atoms with Gasteiger partial charge in [0.05, 0.1) is 11.1 Å². The van der Waals surface area contributed by atoms with Crippen LogP contribution in [0, 0.1) is 11.3 Å². The van der Waals surface area contributed by atoms with Crippen LogP contribution in [-0.4, -0.2) is 12.4 Å². The van der Waals surface area contributed by atoms with Crippen LogP contribution in [0.1, 0.15) is 32.3 Å². The van der Waals surface area contributed by atoms with Gasteiger partial charge in [0, 0.05) is 5.56 Å². The fourth-order valence-corrected chi connectivity index (χ4v) is 1.95. The van der Waals surface area contributed by atoms with Crippen molar-refractivity contribution >= 4 is 21.8 Å². The Hall–Kier alpha value is -1.03. The molecule has 1 aromatic carbocycles. The Kier molecular flexibility index (Phi) is 5.48. The van der Waals surface area contributed by atoms with Crippen LogP contribution in [0.2, 0.25) is 0 Å². The molecular weight excluding hydrogens is 280 g/mol. The summed E-state index contributed by atoms with van der Waals surface area (Å²) in [6.45, 7) is 5.13. The van der Waals surface area contributed by atoms with Gasteiger partial charge in [-0.05, 0) is 52.9 Å². The van der Waals surface area contributed by atoms with Crippen LogP contribution in [0.3, 0.4) is 0 Å². The van der Waals surface area contributed by atoms with Gasteiger partial charge in [-0.25, -0.2) is 0 Å². The molecule has 0 heterocycles. The maximum Gasteiger partial charge on any atom is 0.133 e. The van der Waals surface area contributed by atoms with Crippen LogP contribution in [-0.2, 0) is 0 Å². The topological polar surface area (TPSA) is 59.1 Å². The Morgan fingerprint density at radius 3 is 2.71 bits per heavy atom. The minimum absolute atomic E-state index is 0.0667. The van der Waals surface area contributed by atoms with Gasteiger partial charge in [-0.1, -0.05) is 13.8 Å². The Bertz CT molecular complexity index is 391. The van der Waals surface area contributed by atoms with Gasteiger partial charge in [0.2, 0.25) is 0 Å². The fraction of sp³-hybridized carbons (Fsp3) is 0.462. The molecule has 1 aromatic rings. The van der Waals surface area contributed by atoms with Crippen LogP contribution in [0.15, 0.2) is 22.7 Å². The zero-order chi connectivity index (χ0) is 12.8. The van der Waals surface area contributed by atoms with Crippen LogP contribution >= 0.6 is 15.9 Å². The molecule has 0 spiro atoms. The van der Waals surface area contributed by atoms with Crippen molar-refractivity contribution in [3.05, 3.63) is 28.2 Å². The molecule has 0 amide bonds. The van der Waals surface area contributed by atoms with Gasteiger partial charge >= 0.3 is 0 Å². The van der Waals surface area contributed by atoms with E-state index in [2.05, 4.69) is 29.8 Å². The third-order valence-electron chi connectivity index (χ3n) is 2.43. The van der Waals surface area contributed by atoms with Gasteiger partial charge in [0.1, 0.15) is 11.6 Å². The molecule has 0 aliphatic rings. The van der Waals surface area contributed by atoms with Gasteiger partial charge in [0.25, 0.3) is 0 Å². The molecule has 0 aromatic heterocycles. The number of nitrogens with two attached hydrogens (primary N) is 1. The number of nitrogen functional groups attached to an aromatic ring is 1. The van der Waals surface area contributed by atoms with Crippen molar-refractivity contribution in [3.8, 4) is 5.75 Å². The number of halogens is 1. The number of hydrogen-bond acceptors (Lipinski definition) is 2. The highest BCUT2D eigenvalue weighted by Gasteiger charge is 2.04. The minimum atomic E-state index is 0.0667. The number of nitrogens with one attached hydrogen (secondary N) is 1. The normalized spacial score (nSPS) is 10.6. The average Bonchev–Trinajstić information content (AvgIpc) is 2.25. The third kappa shape index (κ3) is 4.77. The van der Waals surface area contributed by atoms with Crippen molar-refractivity contribution in [2.45, 2.75) is 26.7 Å². The fourth-order valence-electron chi connectivity index (χ4n) is 1.46. The smallest absolute Gasteiger partial charge is 0.133 e. The lowest BCUT2D eigenvalue weighted by molar-refractivity contribution is 0.296. The van der Waals surface area contributed by atoms with E-state index in [9.17, 15) is 0 Å². The zero-order valence-electron chi connectivity index (χ0n) is 10.3. The predicted octanol–water partition coefficient (Wildman–Crippen LogP) is 3.55. The van der Waals surface area contributed by atoms with Crippen LogP contribution in [0.4, 0.5) is 0 Å². The highest BCUT2D eigenvalue weighted by molar-refractivity contribution is 9.10. The van der Waals surface area contributed by atoms with Crippen molar-refractivity contribution < 1.29 is 4.74 Å². The molecule has 0 aliphatic carbocycles. The molecule has 1 rings (SSSR count). The first-order chi connectivity index (χ1) is 8.00. The summed E-state index contributed by atoms with van der Waals surface area (Å²) in [6.07, 6.45) is 2.22. The predicted molar refractivity (Wildman–Crippen MR) is 74.7 cm³/mol. The van der Waals surface area contributed by atoms with E-state index >= 15 is 0 Å². The molecular formula is C13H19BrN2O. The largest absolute Gasteiger partial charge is 0.492 e. The van der Waals surface area contributed by atoms with E-state index in [-0.39, 0.29) is 5.84 Å². The van der Waals surface area contributed by atoms with Crippen molar-refractivity contribution in [1.29, 1.82) is 5.41 Å². The Balaban J connectivity index is 2.52. The summed E-state index contributed by atoms with van der Waals surface area (Å²) in [5.41, 5.74) is 6.11. The number of amidine groups is 1. The van der Waals surface area contributed by atoms with E-state index in [0.717, 1.165) is 23.2 Å². The molecule has 0 saturated carbocycles. The average molecular weight is 299 g/mol. The molecule has 0 saturated heterocycles. The van der Waals surface area contributed by atoms with Gasteiger partial charge in [0.15, 0.2) is 0 Å². The second-order valence-electron chi connectivity index (χ2n) is 4.44. The van der Waals surface area contributed by atoms with E-state index in [1.165, 1.54) is 6.42 Å². The van der Waals surface area contributed by atoms with E-state index in [0.29, 0.717) is 11.5 Å². The van der Waals surface area contributed by atoms with E-state index in [1.807, 2.05) is 6.07 Å². The van der Waals surface area contributed by atoms with Crippen molar-refractivity contribution in [2.24, 2.45) is 11.7 Å². The lowest BCUT2D eigenvalue weighted by Gasteiger charge is -2.10. The summed E-state index contributed by atoms with van der Waals surface area (Å²) in [4.78, 5) is 0. The molecule has 3 nitrogen and oxygen atoms in total. The van der Waals surface area contributed by atoms with Crippen LogP contribution < -0.4 is 10.5 Å². The first-order valence-electron chi connectivity index (χ1n) is 5.77. The first-order valence-corrected chi connectivity index (χ1v) is 6.56. The SMILES string of the molecule is CC(C)CCCOc1ccc(C(=N)N)cc1Br. The Morgan fingerprint density at radius 1 is 1.47 bits per heavy atom. The minimum Gasteiger partial charge on any atom is -0.492 e. The van der Waals surface area contributed by atoms with Crippen molar-refractivity contribution in [2.75, 3.05) is 6.61 Å². The first kappa shape index (κ1) is 14.0. The summed E-state index contributed by atoms with van der Waals surface area (Å²) in [7, 11) is 0. The molecule has 0 atom stereocenters. The lowest BCUT2D eigenvalue weighted by atomic mass is 10.1. The molecule has 3 N–H and O–H groups in total. The summed E-state index contributed by atoms with van der Waals surface area (Å²) in [5.74, 6) is 1.58. The van der Waals surface area contributed by atoms with Gasteiger partial charge < -0.3 is 10.5 Å². The van der Waals surface area contributed by atoms with Crippen LogP contribution in [0.5, 0.6) is 5.75 Å². The summed E-state index contributed by atoms with van der Waals surface area (Å²) < 4.78 is 6.51. The maximum atomic E-state index is 7.33. The van der Waals surface area contributed by atoms with E-state index in [1.54, 1.807) is 12.1 Å². The summed E-state index contributed by atoms with van der Waals surface area (Å²) in [5, 5.41) is 7.33. The molecule has 17 heavy (non-hydrogen) atoms. The monoisotopic (exact) mass is 298 g/mol. The Labute approximate surface area is 111 Å². The number of rotatable bonds is 6. The van der Waals surface area contributed by atoms with Crippen LogP contribution in [0.25, 0.3) is 0 Å². The molecule has 94 valence electrons. The van der Waals surface area contributed by atoms with E-state index in [4.69, 9.17) is 15.9 Å². The number of benzene rings is 1. The Morgan fingerprint density at radius 2 is 2.18 bits per heavy atom. The van der Waals surface area contributed by atoms with Crippen molar-refractivity contribution in [3.63, 3.8) is 0 Å². The van der Waals surface area contributed by atoms with Gasteiger partial charge in [-0.2, -0.15) is 0 Å². The zero-order valence-corrected chi connectivity index (χ0v) is 11.9. The second-order valence-corrected chi connectivity index (χ2v) is 5.30. The highest BCUT2D eigenvalue weighted by Crippen LogP contribution is 2.26. The highest BCUT2D eigenvalue weighted by atomic mass is 79.9. The lowest BCUT2D eigenvalue weighted by Crippen LogP contribution is -2.11. The van der Waals surface area contributed by atoms with E-state index < -0.39 is 0 Å². The second kappa shape index (κ2) is 6.64. The molecule has 0 radical (unpaired) electrons. The van der Waals surface area contributed by atoms with Crippen molar-refractivity contribution in [1.82, 2.24) is 0 Å². The molecule has 0 aliphatic heterocycles. The molecule has 0 bridgehead atoms. The molecule has 0 fully saturated rings. The quantitative estimate of drug-likeness (QED) is 0.479.